The number of hydrogen-bond acceptors (Lipinski definition) is 10. The minimum Gasteiger partial charge on any atom is -0.412 e. The van der Waals surface area contributed by atoms with E-state index in [1.807, 2.05) is 0 Å². The van der Waals surface area contributed by atoms with Crippen LogP contribution in [-0.4, -0.2) is 67.8 Å². The highest BCUT2D eigenvalue weighted by molar-refractivity contribution is 7.53. The first-order valence-corrected chi connectivity index (χ1v) is 16.0. The van der Waals surface area contributed by atoms with Crippen LogP contribution in [0.5, 0.6) is 0 Å². The topological polar surface area (TPSA) is 187 Å². The number of aromatic nitrogens is 2. The van der Waals surface area contributed by atoms with Crippen molar-refractivity contribution < 1.29 is 38.5 Å². The molecule has 1 saturated heterocycles. The number of nitrogens with zero attached hydrogens (tertiary/aromatic N) is 2. The second kappa shape index (κ2) is 10.3. The molecule has 0 radical (unpaired) electrons. The standard InChI is InChI=1S/C21H40N3O9PSi/c1-12(25)34(29,30)33-21(5,6)9-14-15(26)16(27)18(32-14)24-10-13(17(22)23-19(24)28)11-31-35(7,8)20(2,3)4/h10,12,14-16,18,25-27H,9,11H2,1-8H3,(H,29,30)(H2,22,23,28)/t12?,14-,15-,16-,18-/m1/s1. The monoisotopic (exact) mass is 537 g/mol. The fourth-order valence-corrected chi connectivity index (χ4v) is 5.25. The second-order valence-electron chi connectivity index (χ2n) is 11.2. The Labute approximate surface area is 206 Å². The molecule has 1 fully saturated rings. The van der Waals surface area contributed by atoms with E-state index in [1.54, 1.807) is 0 Å². The zero-order chi connectivity index (χ0) is 27.1. The molecule has 0 aromatic carbocycles. The van der Waals surface area contributed by atoms with Gasteiger partial charge in [-0.1, -0.05) is 20.8 Å². The van der Waals surface area contributed by atoms with E-state index in [-0.39, 0.29) is 23.9 Å². The highest BCUT2D eigenvalue weighted by Gasteiger charge is 2.47. The van der Waals surface area contributed by atoms with E-state index in [0.717, 1.165) is 11.5 Å². The van der Waals surface area contributed by atoms with E-state index in [1.165, 1.54) is 20.0 Å². The first-order valence-electron chi connectivity index (χ1n) is 11.4. The molecule has 2 rings (SSSR count). The van der Waals surface area contributed by atoms with Gasteiger partial charge in [0.1, 0.15) is 18.0 Å². The zero-order valence-corrected chi connectivity index (χ0v) is 23.5. The summed E-state index contributed by atoms with van der Waals surface area (Å²) in [5.74, 6) is -1.61. The van der Waals surface area contributed by atoms with E-state index in [4.69, 9.17) is 19.4 Å². The smallest absolute Gasteiger partial charge is 0.356 e. The van der Waals surface area contributed by atoms with Crippen molar-refractivity contribution in [2.45, 2.75) is 109 Å². The summed E-state index contributed by atoms with van der Waals surface area (Å²) in [5, 5.41) is 30.7. The van der Waals surface area contributed by atoms with Gasteiger partial charge >= 0.3 is 13.3 Å². The third-order valence-electron chi connectivity index (χ3n) is 6.61. The van der Waals surface area contributed by atoms with Crippen LogP contribution in [0.4, 0.5) is 5.82 Å². The third-order valence-corrected chi connectivity index (χ3v) is 12.8. The summed E-state index contributed by atoms with van der Waals surface area (Å²) in [4.78, 5) is 26.3. The molecule has 0 spiro atoms. The van der Waals surface area contributed by atoms with Gasteiger partial charge < -0.3 is 39.6 Å². The van der Waals surface area contributed by atoms with Crippen molar-refractivity contribution >= 4 is 21.7 Å². The molecular weight excluding hydrogens is 497 g/mol. The van der Waals surface area contributed by atoms with E-state index in [2.05, 4.69) is 38.8 Å². The predicted octanol–water partition coefficient (Wildman–Crippen LogP) is 1.68. The van der Waals surface area contributed by atoms with Crippen LogP contribution in [0.25, 0.3) is 0 Å². The normalized spacial score (nSPS) is 26.5. The molecule has 202 valence electrons. The Hall–Kier alpha value is -1.15. The largest absolute Gasteiger partial charge is 0.412 e. The van der Waals surface area contributed by atoms with Crippen LogP contribution in [0, 0.1) is 0 Å². The van der Waals surface area contributed by atoms with Crippen LogP contribution in [0.2, 0.25) is 18.1 Å². The van der Waals surface area contributed by atoms with E-state index < -0.39 is 57.6 Å². The van der Waals surface area contributed by atoms with E-state index in [0.29, 0.717) is 5.56 Å². The minimum absolute atomic E-state index is 0.000833. The second-order valence-corrected chi connectivity index (χ2v) is 18.1. The fourth-order valence-electron chi connectivity index (χ4n) is 3.37. The van der Waals surface area contributed by atoms with Crippen molar-refractivity contribution in [1.29, 1.82) is 0 Å². The quantitative estimate of drug-likeness (QED) is 0.228. The lowest BCUT2D eigenvalue weighted by Crippen LogP contribution is -2.41. The molecule has 0 saturated carbocycles. The van der Waals surface area contributed by atoms with Crippen molar-refractivity contribution in [2.75, 3.05) is 5.73 Å². The molecule has 0 bridgehead atoms. The molecule has 1 aliphatic heterocycles. The van der Waals surface area contributed by atoms with Crippen LogP contribution >= 0.6 is 7.60 Å². The average molecular weight is 538 g/mol. The van der Waals surface area contributed by atoms with Gasteiger partial charge in [0.25, 0.3) is 0 Å². The number of ether oxygens (including phenoxy) is 1. The Kier molecular flexibility index (Phi) is 8.86. The van der Waals surface area contributed by atoms with Gasteiger partial charge in [-0.2, -0.15) is 4.98 Å². The number of nitrogens with two attached hydrogens (primary N) is 1. The molecule has 1 aromatic heterocycles. The zero-order valence-electron chi connectivity index (χ0n) is 21.6. The maximum atomic E-state index is 12.6. The minimum atomic E-state index is -4.34. The van der Waals surface area contributed by atoms with Gasteiger partial charge in [-0.3, -0.25) is 9.13 Å². The van der Waals surface area contributed by atoms with Gasteiger partial charge in [0, 0.05) is 18.2 Å². The summed E-state index contributed by atoms with van der Waals surface area (Å²) < 4.78 is 30.3. The van der Waals surface area contributed by atoms with Crippen molar-refractivity contribution in [2.24, 2.45) is 0 Å². The molecule has 6 N–H and O–H groups in total. The Morgan fingerprint density at radius 1 is 1.26 bits per heavy atom. The average Bonchev–Trinajstić information content (AvgIpc) is 2.93. The summed E-state index contributed by atoms with van der Waals surface area (Å²) in [6.07, 6.45) is -3.96. The summed E-state index contributed by atoms with van der Waals surface area (Å²) >= 11 is 0. The molecule has 0 amide bonds. The Morgan fingerprint density at radius 2 is 1.83 bits per heavy atom. The molecule has 14 heteroatoms. The van der Waals surface area contributed by atoms with Gasteiger partial charge in [-0.15, -0.1) is 0 Å². The highest BCUT2D eigenvalue weighted by Crippen LogP contribution is 2.51. The Morgan fingerprint density at radius 3 is 2.34 bits per heavy atom. The number of rotatable bonds is 9. The van der Waals surface area contributed by atoms with Crippen molar-refractivity contribution in [3.05, 3.63) is 22.2 Å². The Balaban J connectivity index is 2.26. The number of hydrogen-bond donors (Lipinski definition) is 5. The van der Waals surface area contributed by atoms with Gasteiger partial charge in [-0.05, 0) is 38.9 Å². The van der Waals surface area contributed by atoms with Crippen LogP contribution in [0.1, 0.15) is 59.8 Å². The fraction of sp³-hybridized carbons (Fsp3) is 0.810. The number of nitrogen functional groups attached to an aromatic ring is 1. The number of aliphatic hydroxyl groups excluding tert-OH is 3. The summed E-state index contributed by atoms with van der Waals surface area (Å²) in [5.41, 5.74) is 4.30. The van der Waals surface area contributed by atoms with Crippen LogP contribution < -0.4 is 11.4 Å². The molecule has 2 heterocycles. The van der Waals surface area contributed by atoms with Crippen LogP contribution in [0.3, 0.4) is 0 Å². The maximum absolute atomic E-state index is 12.6. The molecule has 12 nitrogen and oxygen atoms in total. The van der Waals surface area contributed by atoms with Crippen molar-refractivity contribution in [3.8, 4) is 0 Å². The first-order chi connectivity index (χ1) is 15.7. The van der Waals surface area contributed by atoms with Gasteiger partial charge in [-0.25, -0.2) is 4.79 Å². The molecule has 6 atom stereocenters. The first kappa shape index (κ1) is 30.1. The summed E-state index contributed by atoms with van der Waals surface area (Å²) in [7, 11) is -6.47. The molecular formula is C21H40N3O9PSi. The molecule has 1 aliphatic rings. The van der Waals surface area contributed by atoms with Gasteiger partial charge in [0.15, 0.2) is 20.4 Å². The predicted molar refractivity (Wildman–Crippen MR) is 132 cm³/mol. The molecule has 35 heavy (non-hydrogen) atoms. The third kappa shape index (κ3) is 6.99. The molecule has 1 aromatic rings. The lowest BCUT2D eigenvalue weighted by atomic mass is 9.97. The maximum Gasteiger partial charge on any atom is 0.356 e. The van der Waals surface area contributed by atoms with E-state index in [9.17, 15) is 29.6 Å². The van der Waals surface area contributed by atoms with E-state index >= 15 is 0 Å². The molecule has 0 aliphatic carbocycles. The highest BCUT2D eigenvalue weighted by atomic mass is 31.2. The SMILES string of the molecule is CC(O)P(=O)(O)OC(C)(C)C[C@H]1O[C@@H](n2cc(CO[Si](C)(C)C(C)(C)C)c(N)nc2=O)[C@H](O)[C@@H]1O. The summed E-state index contributed by atoms with van der Waals surface area (Å²) in [6, 6.07) is 0. The van der Waals surface area contributed by atoms with Crippen LogP contribution in [0.15, 0.2) is 11.0 Å². The summed E-state index contributed by atoms with van der Waals surface area (Å²) in [6.45, 7) is 14.6. The Bertz CT molecular complexity index is 1010. The van der Waals surface area contributed by atoms with Crippen molar-refractivity contribution in [1.82, 2.24) is 9.55 Å². The number of aliphatic hydroxyl groups is 3. The lowest BCUT2D eigenvalue weighted by Gasteiger charge is -2.36. The lowest BCUT2D eigenvalue weighted by molar-refractivity contribution is -0.0646. The van der Waals surface area contributed by atoms with Gasteiger partial charge in [0.05, 0.1) is 18.3 Å². The van der Waals surface area contributed by atoms with Crippen LogP contribution in [-0.2, 0) is 24.9 Å². The number of anilines is 1. The molecule has 2 unspecified atom stereocenters. The van der Waals surface area contributed by atoms with Crippen molar-refractivity contribution in [3.63, 3.8) is 0 Å². The van der Waals surface area contributed by atoms with Gasteiger partial charge in [0.2, 0.25) is 0 Å².